The van der Waals surface area contributed by atoms with Crippen molar-refractivity contribution in [1.82, 2.24) is 5.32 Å². The molecule has 1 aromatic rings. The highest BCUT2D eigenvalue weighted by Gasteiger charge is 2.25. The second-order valence-corrected chi connectivity index (χ2v) is 6.09. The number of anilines is 1. The predicted octanol–water partition coefficient (Wildman–Crippen LogP) is 5.20. The third kappa shape index (κ3) is 6.09. The zero-order valence-corrected chi connectivity index (χ0v) is 14.6. The van der Waals surface area contributed by atoms with Crippen molar-refractivity contribution >= 4 is 5.69 Å². The summed E-state index contributed by atoms with van der Waals surface area (Å²) in [4.78, 5) is 0. The molecule has 0 bridgehead atoms. The van der Waals surface area contributed by atoms with Gasteiger partial charge in [-0.1, -0.05) is 51.8 Å². The molecule has 0 spiro atoms. The fraction of sp³-hybridized carbons (Fsp3) is 0.684. The van der Waals surface area contributed by atoms with Gasteiger partial charge in [0.15, 0.2) is 0 Å². The van der Waals surface area contributed by atoms with E-state index in [1.807, 2.05) is 13.8 Å². The molecule has 3 atom stereocenters. The second-order valence-electron chi connectivity index (χ2n) is 6.09. The summed E-state index contributed by atoms with van der Waals surface area (Å²) in [5, 5.41) is 7.12. The molecule has 1 aromatic carbocycles. The van der Waals surface area contributed by atoms with Crippen molar-refractivity contribution in [2.45, 2.75) is 66.3 Å². The van der Waals surface area contributed by atoms with Gasteiger partial charge in [-0.15, -0.1) is 0 Å². The van der Waals surface area contributed by atoms with Gasteiger partial charge in [-0.05, 0) is 50.2 Å². The van der Waals surface area contributed by atoms with E-state index in [0.717, 1.165) is 18.5 Å². The highest BCUT2D eigenvalue weighted by Crippen LogP contribution is 2.30. The van der Waals surface area contributed by atoms with Crippen molar-refractivity contribution in [2.75, 3.05) is 12.0 Å². The van der Waals surface area contributed by atoms with E-state index < -0.39 is 0 Å². The fourth-order valence-electron chi connectivity index (χ4n) is 3.14. The van der Waals surface area contributed by atoms with E-state index in [1.54, 1.807) is 0 Å². The average molecular weight is 290 g/mol. The van der Waals surface area contributed by atoms with E-state index in [0.29, 0.717) is 6.04 Å². The van der Waals surface area contributed by atoms with E-state index in [9.17, 15) is 0 Å². The first-order chi connectivity index (χ1) is 10.2. The molecule has 2 heteroatoms. The molecule has 0 aliphatic heterocycles. The average Bonchev–Trinajstić information content (AvgIpc) is 2.52. The van der Waals surface area contributed by atoms with Gasteiger partial charge in [-0.25, -0.2) is 0 Å². The zero-order chi connectivity index (χ0) is 15.7. The Morgan fingerprint density at radius 1 is 1.10 bits per heavy atom. The Balaban J connectivity index is 0.00000106. The quantitative estimate of drug-likeness (QED) is 0.729. The van der Waals surface area contributed by atoms with Crippen LogP contribution in [0.25, 0.3) is 0 Å². The minimum Gasteiger partial charge on any atom is -0.372 e. The lowest BCUT2D eigenvalue weighted by Crippen LogP contribution is -2.41. The van der Waals surface area contributed by atoms with Crippen LogP contribution in [0.2, 0.25) is 0 Å². The van der Waals surface area contributed by atoms with E-state index in [4.69, 9.17) is 0 Å². The molecule has 2 N–H and O–H groups in total. The Labute approximate surface area is 131 Å². The van der Waals surface area contributed by atoms with Crippen molar-refractivity contribution in [3.05, 3.63) is 29.8 Å². The number of benzene rings is 1. The van der Waals surface area contributed by atoms with E-state index in [1.165, 1.54) is 36.9 Å². The summed E-state index contributed by atoms with van der Waals surface area (Å²) in [5.41, 5.74) is 2.51. The Kier molecular flexibility index (Phi) is 8.44. The maximum Gasteiger partial charge on any atom is 0.0655 e. The SMILES string of the molecule is CC.CCC1CCC(NCNc2ccc(C)cc2)C(C)C1. The molecule has 1 fully saturated rings. The molecule has 0 amide bonds. The Morgan fingerprint density at radius 2 is 1.76 bits per heavy atom. The summed E-state index contributed by atoms with van der Waals surface area (Å²) < 4.78 is 0. The number of aryl methyl sites for hydroxylation is 1. The van der Waals surface area contributed by atoms with Crippen LogP contribution in [-0.4, -0.2) is 12.7 Å². The zero-order valence-electron chi connectivity index (χ0n) is 14.6. The van der Waals surface area contributed by atoms with E-state index in [-0.39, 0.29) is 0 Å². The summed E-state index contributed by atoms with van der Waals surface area (Å²) in [6.07, 6.45) is 5.45. The van der Waals surface area contributed by atoms with Gasteiger partial charge < -0.3 is 5.32 Å². The van der Waals surface area contributed by atoms with Crippen molar-refractivity contribution in [2.24, 2.45) is 11.8 Å². The molecule has 3 unspecified atom stereocenters. The summed E-state index contributed by atoms with van der Waals surface area (Å²) in [7, 11) is 0. The smallest absolute Gasteiger partial charge is 0.0655 e. The third-order valence-electron chi connectivity index (χ3n) is 4.56. The summed E-state index contributed by atoms with van der Waals surface area (Å²) in [6, 6.07) is 9.28. The van der Waals surface area contributed by atoms with Gasteiger partial charge in [0.25, 0.3) is 0 Å². The van der Waals surface area contributed by atoms with Gasteiger partial charge in [0.05, 0.1) is 6.67 Å². The molecule has 1 saturated carbocycles. The minimum absolute atomic E-state index is 0.681. The largest absolute Gasteiger partial charge is 0.372 e. The van der Waals surface area contributed by atoms with Gasteiger partial charge in [-0.3, -0.25) is 5.32 Å². The lowest BCUT2D eigenvalue weighted by Gasteiger charge is -2.34. The van der Waals surface area contributed by atoms with Crippen molar-refractivity contribution in [3.63, 3.8) is 0 Å². The summed E-state index contributed by atoms with van der Waals surface area (Å²) >= 11 is 0. The molecule has 2 rings (SSSR count). The number of rotatable bonds is 5. The van der Waals surface area contributed by atoms with Gasteiger partial charge in [0, 0.05) is 11.7 Å². The molecule has 2 nitrogen and oxygen atoms in total. The van der Waals surface area contributed by atoms with Crippen molar-refractivity contribution < 1.29 is 0 Å². The highest BCUT2D eigenvalue weighted by atomic mass is 15.1. The first kappa shape index (κ1) is 18.0. The molecule has 0 heterocycles. The number of hydrogen-bond donors (Lipinski definition) is 2. The Morgan fingerprint density at radius 3 is 2.33 bits per heavy atom. The topological polar surface area (TPSA) is 24.1 Å². The number of hydrogen-bond acceptors (Lipinski definition) is 2. The number of nitrogens with one attached hydrogen (secondary N) is 2. The van der Waals surface area contributed by atoms with Crippen LogP contribution < -0.4 is 10.6 Å². The van der Waals surface area contributed by atoms with Crippen LogP contribution in [0.15, 0.2) is 24.3 Å². The summed E-state index contributed by atoms with van der Waals surface area (Å²) in [5.74, 6) is 1.76. The molecule has 0 saturated heterocycles. The molecule has 0 aromatic heterocycles. The maximum absolute atomic E-state index is 3.67. The van der Waals surface area contributed by atoms with Crippen LogP contribution in [0.1, 0.15) is 58.9 Å². The Hall–Kier alpha value is -1.02. The standard InChI is InChI=1S/C17H28N2.C2H6/c1-4-15-7-10-17(14(3)11-15)19-12-18-16-8-5-13(2)6-9-16;1-2/h5-6,8-9,14-15,17-19H,4,7,10-12H2,1-3H3;1-2H3. The van der Waals surface area contributed by atoms with Gasteiger partial charge in [0.1, 0.15) is 0 Å². The van der Waals surface area contributed by atoms with Gasteiger partial charge in [-0.2, -0.15) is 0 Å². The molecule has 1 aliphatic carbocycles. The van der Waals surface area contributed by atoms with Crippen LogP contribution in [-0.2, 0) is 0 Å². The first-order valence-electron chi connectivity index (χ1n) is 8.73. The minimum atomic E-state index is 0.681. The predicted molar refractivity (Wildman–Crippen MR) is 94.7 cm³/mol. The fourth-order valence-corrected chi connectivity index (χ4v) is 3.14. The molecular weight excluding hydrogens is 256 g/mol. The van der Waals surface area contributed by atoms with E-state index in [2.05, 4.69) is 55.7 Å². The van der Waals surface area contributed by atoms with Crippen LogP contribution >= 0.6 is 0 Å². The van der Waals surface area contributed by atoms with Crippen LogP contribution in [0, 0.1) is 18.8 Å². The maximum atomic E-state index is 3.67. The van der Waals surface area contributed by atoms with Crippen LogP contribution in [0.3, 0.4) is 0 Å². The van der Waals surface area contributed by atoms with E-state index >= 15 is 0 Å². The normalized spacial score (nSPS) is 24.9. The first-order valence-corrected chi connectivity index (χ1v) is 8.73. The molecule has 120 valence electrons. The van der Waals surface area contributed by atoms with Gasteiger partial charge in [0.2, 0.25) is 0 Å². The lowest BCUT2D eigenvalue weighted by molar-refractivity contribution is 0.216. The molecular formula is C19H34N2. The summed E-state index contributed by atoms with van der Waals surface area (Å²) in [6.45, 7) is 11.7. The highest BCUT2D eigenvalue weighted by molar-refractivity contribution is 5.44. The lowest BCUT2D eigenvalue weighted by atomic mass is 9.78. The van der Waals surface area contributed by atoms with Crippen LogP contribution in [0.5, 0.6) is 0 Å². The Bertz CT molecular complexity index is 372. The third-order valence-corrected chi connectivity index (χ3v) is 4.56. The molecule has 21 heavy (non-hydrogen) atoms. The monoisotopic (exact) mass is 290 g/mol. The van der Waals surface area contributed by atoms with Crippen LogP contribution in [0.4, 0.5) is 5.69 Å². The van der Waals surface area contributed by atoms with Gasteiger partial charge >= 0.3 is 0 Å². The second kappa shape index (κ2) is 9.83. The molecule has 0 radical (unpaired) electrons. The van der Waals surface area contributed by atoms with Crippen molar-refractivity contribution in [3.8, 4) is 0 Å². The molecule has 1 aliphatic rings. The van der Waals surface area contributed by atoms with Crippen molar-refractivity contribution in [1.29, 1.82) is 0 Å².